The van der Waals surface area contributed by atoms with Crippen LogP contribution in [0.2, 0.25) is 0 Å². The number of aliphatic imine (C=N–C) groups is 1. The van der Waals surface area contributed by atoms with Gasteiger partial charge < -0.3 is 16.0 Å². The van der Waals surface area contributed by atoms with E-state index in [2.05, 4.69) is 39.0 Å². The molecule has 0 aliphatic heterocycles. The number of nitrogens with zero attached hydrogens (tertiary/aromatic N) is 1. The van der Waals surface area contributed by atoms with Crippen molar-refractivity contribution < 1.29 is 4.79 Å². The molecule has 1 amide bonds. The maximum absolute atomic E-state index is 12.0. The Bertz CT molecular complexity index is 641. The fourth-order valence-electron chi connectivity index (χ4n) is 2.29. The minimum atomic E-state index is -0.180. The van der Waals surface area contributed by atoms with Crippen LogP contribution in [0.15, 0.2) is 41.4 Å². The topological polar surface area (TPSA) is 65.5 Å². The molecule has 5 nitrogen and oxygen atoms in total. The number of guanidine groups is 1. The molecule has 0 aromatic heterocycles. The first-order valence-corrected chi connectivity index (χ1v) is 7.77. The summed E-state index contributed by atoms with van der Waals surface area (Å²) >= 11 is 0. The van der Waals surface area contributed by atoms with E-state index in [0.29, 0.717) is 17.7 Å². The number of hydrogen-bond acceptors (Lipinski definition) is 2. The second kappa shape index (κ2) is 10.7. The van der Waals surface area contributed by atoms with Crippen LogP contribution in [0.25, 0.3) is 0 Å². The van der Waals surface area contributed by atoms with Crippen LogP contribution in [0.1, 0.15) is 25.3 Å². The average molecular weight is 438 g/mol. The molecule has 0 bridgehead atoms. The summed E-state index contributed by atoms with van der Waals surface area (Å²) in [5.41, 5.74) is 1.41. The van der Waals surface area contributed by atoms with E-state index in [1.54, 1.807) is 12.1 Å². The van der Waals surface area contributed by atoms with Gasteiger partial charge in [-0.05, 0) is 38.0 Å². The lowest BCUT2D eigenvalue weighted by molar-refractivity contribution is -0.114. The van der Waals surface area contributed by atoms with Crippen molar-refractivity contribution in [1.29, 1.82) is 0 Å². The van der Waals surface area contributed by atoms with Crippen LogP contribution in [-0.4, -0.2) is 31.0 Å². The van der Waals surface area contributed by atoms with Gasteiger partial charge in [0.05, 0.1) is 0 Å². The normalized spacial score (nSPS) is 13.8. The van der Waals surface area contributed by atoms with Gasteiger partial charge in [-0.25, -0.2) is 4.99 Å². The Balaban J connectivity index is 0.00000288. The quantitative estimate of drug-likeness (QED) is 0.218. The molecule has 3 N–H and O–H groups in total. The van der Waals surface area contributed by atoms with Gasteiger partial charge in [-0.15, -0.1) is 30.4 Å². The third kappa shape index (κ3) is 6.62. The smallest absolute Gasteiger partial charge is 0.246 e. The molecule has 1 aromatic rings. The summed E-state index contributed by atoms with van der Waals surface area (Å²) in [6, 6.07) is 7.54. The molecule has 0 fully saturated rings. The van der Waals surface area contributed by atoms with E-state index in [4.69, 9.17) is 6.42 Å². The standard InChI is InChI=1S/C18H22N4O.HI/c1-3-14-8-7-11-16(12-14)21-17(23)13-20-18(19-4-2)22-15-9-5-6-10-15;/h1,5-8,11-12,15H,4,9-10,13H2,2H3,(H,21,23)(H2,19,20,22);1H. The Morgan fingerprint density at radius 2 is 2.12 bits per heavy atom. The molecule has 128 valence electrons. The van der Waals surface area contributed by atoms with Crippen LogP contribution >= 0.6 is 24.0 Å². The van der Waals surface area contributed by atoms with Crippen LogP contribution in [0.3, 0.4) is 0 Å². The Labute approximate surface area is 160 Å². The van der Waals surface area contributed by atoms with Gasteiger partial charge in [0, 0.05) is 23.8 Å². The van der Waals surface area contributed by atoms with E-state index in [9.17, 15) is 4.79 Å². The van der Waals surface area contributed by atoms with Crippen molar-refractivity contribution in [3.05, 3.63) is 42.0 Å². The zero-order chi connectivity index (χ0) is 16.5. The van der Waals surface area contributed by atoms with Gasteiger partial charge in [-0.1, -0.05) is 24.1 Å². The average Bonchev–Trinajstić information content (AvgIpc) is 3.06. The first-order valence-electron chi connectivity index (χ1n) is 7.77. The largest absolute Gasteiger partial charge is 0.357 e. The number of carbonyl (C=O) groups is 1. The van der Waals surface area contributed by atoms with Gasteiger partial charge >= 0.3 is 0 Å². The van der Waals surface area contributed by atoms with Crippen molar-refractivity contribution in [3.8, 4) is 12.3 Å². The summed E-state index contributed by atoms with van der Waals surface area (Å²) in [6.07, 6.45) is 11.6. The number of carbonyl (C=O) groups excluding carboxylic acids is 1. The summed E-state index contributed by atoms with van der Waals surface area (Å²) < 4.78 is 0. The van der Waals surface area contributed by atoms with E-state index in [-0.39, 0.29) is 36.4 Å². The van der Waals surface area contributed by atoms with E-state index in [1.807, 2.05) is 19.1 Å². The molecule has 1 aliphatic rings. The molecule has 0 saturated heterocycles. The van der Waals surface area contributed by atoms with Crippen LogP contribution in [-0.2, 0) is 4.79 Å². The van der Waals surface area contributed by atoms with Crippen LogP contribution in [0.4, 0.5) is 5.69 Å². The molecule has 1 aromatic carbocycles. The van der Waals surface area contributed by atoms with Gasteiger partial charge in [0.2, 0.25) is 5.91 Å². The highest BCUT2D eigenvalue weighted by molar-refractivity contribution is 14.0. The number of hydrogen-bond donors (Lipinski definition) is 3. The predicted molar refractivity (Wildman–Crippen MR) is 110 cm³/mol. The first kappa shape index (κ1) is 20.0. The Morgan fingerprint density at radius 1 is 1.38 bits per heavy atom. The number of rotatable bonds is 5. The molecule has 0 atom stereocenters. The Morgan fingerprint density at radius 3 is 2.79 bits per heavy atom. The van der Waals surface area contributed by atoms with Gasteiger partial charge in [0.25, 0.3) is 0 Å². The number of nitrogens with one attached hydrogen (secondary N) is 3. The minimum Gasteiger partial charge on any atom is -0.357 e. The van der Waals surface area contributed by atoms with Crippen molar-refractivity contribution >= 4 is 41.5 Å². The number of benzene rings is 1. The molecule has 0 spiro atoms. The fourth-order valence-corrected chi connectivity index (χ4v) is 2.29. The SMILES string of the molecule is C#Cc1cccc(NC(=O)CN=C(NCC)NC2CC=CC2)c1.I. The maximum Gasteiger partial charge on any atom is 0.246 e. The highest BCUT2D eigenvalue weighted by atomic mass is 127. The first-order chi connectivity index (χ1) is 11.2. The van der Waals surface area contributed by atoms with Gasteiger partial charge in [-0.3, -0.25) is 4.79 Å². The summed E-state index contributed by atoms with van der Waals surface area (Å²) in [6.45, 7) is 2.79. The lowest BCUT2D eigenvalue weighted by Gasteiger charge is -2.16. The summed E-state index contributed by atoms with van der Waals surface area (Å²) in [5, 5.41) is 9.27. The molecule has 2 rings (SSSR count). The van der Waals surface area contributed by atoms with Crippen molar-refractivity contribution in [2.45, 2.75) is 25.8 Å². The van der Waals surface area contributed by atoms with Crippen molar-refractivity contribution in [2.24, 2.45) is 4.99 Å². The highest BCUT2D eigenvalue weighted by Crippen LogP contribution is 2.10. The molecule has 1 aliphatic carbocycles. The van der Waals surface area contributed by atoms with Gasteiger partial charge in [0.1, 0.15) is 6.54 Å². The lowest BCUT2D eigenvalue weighted by Crippen LogP contribution is -2.42. The molecule has 24 heavy (non-hydrogen) atoms. The Kier molecular flexibility index (Phi) is 8.94. The number of anilines is 1. The van der Waals surface area contributed by atoms with E-state index in [1.165, 1.54) is 0 Å². The second-order valence-electron chi connectivity index (χ2n) is 5.25. The molecule has 6 heteroatoms. The zero-order valence-corrected chi connectivity index (χ0v) is 16.0. The minimum absolute atomic E-state index is 0. The predicted octanol–water partition coefficient (Wildman–Crippen LogP) is 2.50. The van der Waals surface area contributed by atoms with Crippen molar-refractivity contribution in [1.82, 2.24) is 10.6 Å². The molecule has 0 unspecified atom stereocenters. The van der Waals surface area contributed by atoms with Crippen LogP contribution in [0, 0.1) is 12.3 Å². The summed E-state index contributed by atoms with van der Waals surface area (Å²) in [5.74, 6) is 3.02. The number of terminal acetylenes is 1. The second-order valence-corrected chi connectivity index (χ2v) is 5.25. The monoisotopic (exact) mass is 438 g/mol. The number of amides is 1. The van der Waals surface area contributed by atoms with Crippen molar-refractivity contribution in [2.75, 3.05) is 18.4 Å². The van der Waals surface area contributed by atoms with Crippen molar-refractivity contribution in [3.63, 3.8) is 0 Å². The maximum atomic E-state index is 12.0. The molecular formula is C18H23IN4O. The van der Waals surface area contributed by atoms with E-state index < -0.39 is 0 Å². The Hall–Kier alpha value is -2.01. The molecule has 0 heterocycles. The molecule has 0 radical (unpaired) electrons. The van der Waals surface area contributed by atoms with E-state index >= 15 is 0 Å². The van der Waals surface area contributed by atoms with Crippen LogP contribution in [0.5, 0.6) is 0 Å². The highest BCUT2D eigenvalue weighted by Gasteiger charge is 2.12. The zero-order valence-electron chi connectivity index (χ0n) is 13.7. The third-order valence-electron chi connectivity index (χ3n) is 3.39. The van der Waals surface area contributed by atoms with Crippen LogP contribution < -0.4 is 16.0 Å². The van der Waals surface area contributed by atoms with Gasteiger partial charge in [0.15, 0.2) is 5.96 Å². The number of halogens is 1. The van der Waals surface area contributed by atoms with Gasteiger partial charge in [-0.2, -0.15) is 0 Å². The lowest BCUT2D eigenvalue weighted by atomic mass is 10.2. The summed E-state index contributed by atoms with van der Waals surface area (Å²) in [4.78, 5) is 16.4. The fraction of sp³-hybridized carbons (Fsp3) is 0.333. The molecule has 0 saturated carbocycles. The third-order valence-corrected chi connectivity index (χ3v) is 3.39. The van der Waals surface area contributed by atoms with E-state index in [0.717, 1.165) is 24.9 Å². The summed E-state index contributed by atoms with van der Waals surface area (Å²) in [7, 11) is 0. The molecular weight excluding hydrogens is 415 g/mol.